The topological polar surface area (TPSA) is 36.5 Å². The first-order valence-corrected chi connectivity index (χ1v) is 16.0. The van der Waals surface area contributed by atoms with Gasteiger partial charge in [-0.2, -0.15) is 0 Å². The van der Waals surface area contributed by atoms with E-state index in [1.807, 2.05) is 0 Å². The van der Waals surface area contributed by atoms with Crippen LogP contribution in [0.15, 0.2) is 0 Å². The molecule has 0 aliphatic carbocycles. The Labute approximate surface area is 117 Å². The normalized spacial score (nSPS) is 10.5. The van der Waals surface area contributed by atoms with E-state index in [0.717, 1.165) is 0 Å². The van der Waals surface area contributed by atoms with Crippen LogP contribution in [-0.2, 0) is 0 Å². The molecule has 16 heavy (non-hydrogen) atoms. The molecule has 0 atom stereocenters. The van der Waals surface area contributed by atoms with Crippen molar-refractivity contribution in [3.63, 3.8) is 0 Å². The van der Waals surface area contributed by atoms with Crippen LogP contribution in [0.5, 0.6) is 0 Å². The van der Waals surface area contributed by atoms with Crippen molar-refractivity contribution < 1.29 is 12.4 Å². The number of unbranched alkanes of at least 4 members (excludes halogenated alkanes) is 3. The average Bonchev–Trinajstić information content (AvgIpc) is 2.21. The van der Waals surface area contributed by atoms with Crippen molar-refractivity contribution >= 4 is 26.2 Å². The van der Waals surface area contributed by atoms with Crippen LogP contribution in [0, 0.1) is 0 Å². The molecular formula is C12H31Cl2NSn. The van der Waals surface area contributed by atoms with Gasteiger partial charge < -0.3 is 18.6 Å². The maximum atomic E-state index is 6.89. The Kier molecular flexibility index (Phi) is 20.3. The Hall–Kier alpha value is 1.34. The summed E-state index contributed by atoms with van der Waals surface area (Å²) in [5.74, 6) is 0. The molecule has 0 saturated carbocycles. The molecule has 0 spiro atoms. The molecule has 0 aliphatic rings. The summed E-state index contributed by atoms with van der Waals surface area (Å²) in [5.41, 5.74) is 0. The summed E-state index contributed by atoms with van der Waals surface area (Å²) in [6.07, 6.45) is 8.12. The molecule has 4 N–H and O–H groups in total. The second-order valence-corrected chi connectivity index (χ2v) is 20.7. The molecule has 1 nitrogen and oxygen atoms in total. The number of quaternary nitrogens is 1. The van der Waals surface area contributed by atoms with Crippen LogP contribution in [0.4, 0.5) is 0 Å². The molecule has 0 aromatic heterocycles. The summed E-state index contributed by atoms with van der Waals surface area (Å²) >= 11 is -2.09. The van der Waals surface area contributed by atoms with Crippen LogP contribution in [0.1, 0.15) is 59.3 Å². The second-order valence-electron chi connectivity index (χ2n) is 4.46. The Morgan fingerprint density at radius 1 is 0.750 bits per heavy atom. The summed E-state index contributed by atoms with van der Waals surface area (Å²) in [6, 6.07) is 0. The maximum absolute atomic E-state index is 6.89. The van der Waals surface area contributed by atoms with E-state index in [-0.39, 0.29) is 18.6 Å². The van der Waals surface area contributed by atoms with Crippen LogP contribution in [-0.4, -0.2) is 17.3 Å². The van der Waals surface area contributed by atoms with E-state index in [2.05, 4.69) is 20.8 Å². The van der Waals surface area contributed by atoms with E-state index in [4.69, 9.17) is 8.92 Å². The molecule has 0 fully saturated rings. The molecule has 0 amide bonds. The SMILES string of the molecule is CCC[CH2][Sn]([Cl])([CH2]CCC)[CH2]CCC.[Cl-].[NH4+]. The van der Waals surface area contributed by atoms with E-state index < -0.39 is 17.3 Å². The molecule has 0 unspecified atom stereocenters. The fourth-order valence-corrected chi connectivity index (χ4v) is 15.1. The van der Waals surface area contributed by atoms with Gasteiger partial charge in [-0.15, -0.1) is 0 Å². The molecule has 0 bridgehead atoms. The molecule has 4 heteroatoms. The van der Waals surface area contributed by atoms with Gasteiger partial charge in [0.15, 0.2) is 0 Å². The zero-order valence-electron chi connectivity index (χ0n) is 11.6. The third-order valence-electron chi connectivity index (χ3n) is 2.94. The first kappa shape index (κ1) is 22.5. The minimum absolute atomic E-state index is 0. The minimum atomic E-state index is -2.09. The molecule has 0 aromatic carbocycles. The minimum Gasteiger partial charge on any atom is -1.00 e. The first-order chi connectivity index (χ1) is 6.68. The predicted molar refractivity (Wildman–Crippen MR) is 76.7 cm³/mol. The first-order valence-electron chi connectivity index (χ1n) is 6.37. The van der Waals surface area contributed by atoms with E-state index >= 15 is 0 Å². The molecule has 0 aliphatic heterocycles. The Balaban J connectivity index is -0.000000845. The van der Waals surface area contributed by atoms with Gasteiger partial charge in [0.2, 0.25) is 0 Å². The van der Waals surface area contributed by atoms with E-state index in [1.54, 1.807) is 0 Å². The third-order valence-corrected chi connectivity index (χ3v) is 17.4. The monoisotopic (exact) mass is 379 g/mol. The zero-order chi connectivity index (χ0) is 10.9. The summed E-state index contributed by atoms with van der Waals surface area (Å²) in [6.45, 7) is 6.84. The predicted octanol–water partition coefficient (Wildman–Crippen LogP) is 2.95. The van der Waals surface area contributed by atoms with Crippen molar-refractivity contribution in [2.45, 2.75) is 72.6 Å². The third kappa shape index (κ3) is 11.8. The van der Waals surface area contributed by atoms with Crippen LogP contribution < -0.4 is 18.6 Å². The number of hydrogen-bond donors (Lipinski definition) is 1. The molecule has 0 saturated heterocycles. The Morgan fingerprint density at radius 3 is 1.19 bits per heavy atom. The Morgan fingerprint density at radius 2 is 1.00 bits per heavy atom. The molecule has 0 rings (SSSR count). The average molecular weight is 379 g/mol. The van der Waals surface area contributed by atoms with E-state index in [9.17, 15) is 0 Å². The number of hydrogen-bond acceptors (Lipinski definition) is 0. The van der Waals surface area contributed by atoms with Gasteiger partial charge in [0.1, 0.15) is 0 Å². The standard InChI is InChI=1S/3C4H9.2ClH.H3N.Sn/c3*1-3-4-2;;;;/h3*1,3-4H2,2H3;2*1H;1H3;/q;;;;;;+1/p-1. The Bertz CT molecular complexity index is 112. The molecule has 0 aromatic rings. The summed E-state index contributed by atoms with van der Waals surface area (Å²) in [7, 11) is 6.89. The van der Waals surface area contributed by atoms with Crippen LogP contribution in [0.2, 0.25) is 13.3 Å². The maximum Gasteiger partial charge on any atom is -0.369 e. The summed E-state index contributed by atoms with van der Waals surface area (Å²) < 4.78 is 4.27. The van der Waals surface area contributed by atoms with Gasteiger partial charge in [0.05, 0.1) is 0 Å². The number of rotatable bonds is 9. The smallest absolute Gasteiger partial charge is 0.369 e. The van der Waals surface area contributed by atoms with Gasteiger partial charge in [0, 0.05) is 0 Å². The fraction of sp³-hybridized carbons (Fsp3) is 1.00. The quantitative estimate of drug-likeness (QED) is 0.599. The summed E-state index contributed by atoms with van der Waals surface area (Å²) in [4.78, 5) is 0. The van der Waals surface area contributed by atoms with Gasteiger partial charge in [-0.1, -0.05) is 0 Å². The number of halogens is 2. The van der Waals surface area contributed by atoms with Crippen molar-refractivity contribution in [2.24, 2.45) is 0 Å². The van der Waals surface area contributed by atoms with Crippen LogP contribution >= 0.6 is 8.92 Å². The van der Waals surface area contributed by atoms with Gasteiger partial charge in [-0.25, -0.2) is 0 Å². The van der Waals surface area contributed by atoms with Gasteiger partial charge in [-0.3, -0.25) is 0 Å². The van der Waals surface area contributed by atoms with E-state index in [0.29, 0.717) is 0 Å². The van der Waals surface area contributed by atoms with Gasteiger partial charge in [0.25, 0.3) is 0 Å². The second kappa shape index (κ2) is 14.4. The van der Waals surface area contributed by atoms with Crippen molar-refractivity contribution in [2.75, 3.05) is 0 Å². The van der Waals surface area contributed by atoms with E-state index in [1.165, 1.54) is 51.8 Å². The zero-order valence-corrected chi connectivity index (χ0v) is 16.0. The van der Waals surface area contributed by atoms with Crippen molar-refractivity contribution in [1.82, 2.24) is 6.15 Å². The largest absolute Gasteiger partial charge is 1.00 e. The molecule has 0 radical (unpaired) electrons. The molecular weight excluding hydrogens is 348 g/mol. The summed E-state index contributed by atoms with van der Waals surface area (Å²) in [5, 5.41) is 0. The van der Waals surface area contributed by atoms with Crippen molar-refractivity contribution in [1.29, 1.82) is 0 Å². The van der Waals surface area contributed by atoms with Crippen LogP contribution in [0.25, 0.3) is 0 Å². The van der Waals surface area contributed by atoms with Gasteiger partial charge in [-0.05, 0) is 0 Å². The molecule has 102 valence electrons. The van der Waals surface area contributed by atoms with Gasteiger partial charge >= 0.3 is 98.8 Å². The fourth-order valence-electron chi connectivity index (χ4n) is 1.86. The van der Waals surface area contributed by atoms with Crippen LogP contribution in [0.3, 0.4) is 0 Å². The van der Waals surface area contributed by atoms with Crippen molar-refractivity contribution in [3.05, 3.63) is 0 Å². The molecule has 0 heterocycles. The van der Waals surface area contributed by atoms with Crippen molar-refractivity contribution in [3.8, 4) is 0 Å².